The number of carbonyl (C=O) groups excluding carboxylic acids is 1. The van der Waals surface area contributed by atoms with Crippen LogP contribution in [-0.4, -0.2) is 80.1 Å². The molecule has 1 aromatic carbocycles. The largest absolute Gasteiger partial charge is 0.449 e. The van der Waals surface area contributed by atoms with E-state index in [-0.39, 0.29) is 23.5 Å². The summed E-state index contributed by atoms with van der Waals surface area (Å²) in [7, 11) is 0. The predicted molar refractivity (Wildman–Crippen MR) is 106 cm³/mol. The van der Waals surface area contributed by atoms with E-state index < -0.39 is 42.2 Å². The molecular formula is C19H27N6O5+. The number of nitrogens with zero attached hydrogens (tertiary/aromatic N) is 2. The van der Waals surface area contributed by atoms with Gasteiger partial charge in [0.15, 0.2) is 12.1 Å². The van der Waals surface area contributed by atoms with Gasteiger partial charge in [-0.05, 0) is 25.5 Å². The van der Waals surface area contributed by atoms with Crippen molar-refractivity contribution in [2.45, 2.75) is 55.9 Å². The number of benzene rings is 1. The molecule has 4 rings (SSSR count). The minimum atomic E-state index is -2.67. The predicted octanol–water partition coefficient (Wildman–Crippen LogP) is -2.73. The third-order valence-corrected chi connectivity index (χ3v) is 6.17. The number of aliphatic hydroxyl groups excluding tert-OH is 1. The Bertz CT molecular complexity index is 930. The lowest BCUT2D eigenvalue weighted by atomic mass is 9.85. The van der Waals surface area contributed by atoms with Crippen molar-refractivity contribution in [3.63, 3.8) is 0 Å². The van der Waals surface area contributed by atoms with Gasteiger partial charge in [0.25, 0.3) is 5.79 Å². The zero-order chi connectivity index (χ0) is 21.8. The van der Waals surface area contributed by atoms with E-state index in [0.717, 1.165) is 5.56 Å². The maximum Gasteiger partial charge on any atom is 0.346 e. The van der Waals surface area contributed by atoms with Gasteiger partial charge in [0.1, 0.15) is 18.1 Å². The molecule has 3 heterocycles. The summed E-state index contributed by atoms with van der Waals surface area (Å²) < 4.78 is 6.91. The molecule has 9 N–H and O–H groups in total. The van der Waals surface area contributed by atoms with Crippen molar-refractivity contribution in [3.05, 3.63) is 35.4 Å². The molecule has 1 fully saturated rings. The topological polar surface area (TPSA) is 178 Å². The molecule has 1 aromatic rings. The van der Waals surface area contributed by atoms with E-state index in [1.54, 1.807) is 24.3 Å². The molecule has 5 atom stereocenters. The first-order valence-electron chi connectivity index (χ1n) is 9.80. The Kier molecular flexibility index (Phi) is 4.64. The molecule has 162 valence electrons. The van der Waals surface area contributed by atoms with Crippen LogP contribution in [0.15, 0.2) is 29.3 Å². The highest BCUT2D eigenvalue weighted by Crippen LogP contribution is 2.45. The molecule has 0 radical (unpaired) electrons. The van der Waals surface area contributed by atoms with E-state index in [4.69, 9.17) is 16.2 Å². The quantitative estimate of drug-likeness (QED) is 0.155. The smallest absolute Gasteiger partial charge is 0.346 e. The summed E-state index contributed by atoms with van der Waals surface area (Å²) in [6, 6.07) is 4.46. The van der Waals surface area contributed by atoms with Crippen LogP contribution in [0.3, 0.4) is 0 Å². The van der Waals surface area contributed by atoms with E-state index in [0.29, 0.717) is 6.42 Å². The number of ether oxygens (including phenoxy) is 1. The lowest BCUT2D eigenvalue weighted by molar-refractivity contribution is -0.650. The minimum absolute atomic E-state index is 0.00498. The average molecular weight is 419 g/mol. The number of hydrogen-bond acceptors (Lipinski definition) is 10. The molecule has 0 aliphatic carbocycles. The number of hydrogen-bond donors (Lipinski definition) is 7. The van der Waals surface area contributed by atoms with Gasteiger partial charge >= 0.3 is 11.9 Å². The normalized spacial score (nSPS) is 33.8. The van der Waals surface area contributed by atoms with Crippen molar-refractivity contribution >= 4 is 17.9 Å². The minimum Gasteiger partial charge on any atom is -0.449 e. The maximum atomic E-state index is 12.8. The van der Waals surface area contributed by atoms with Gasteiger partial charge in [-0.25, -0.2) is 14.4 Å². The fraction of sp³-hybridized carbons (Fsp3) is 0.526. The Hall–Kier alpha value is -2.89. The second kappa shape index (κ2) is 6.83. The number of guanidine groups is 2. The maximum absolute atomic E-state index is 12.8. The SMILES string of the molecule is CC[C@@H]1NC(N)=[N+]2[C@@H](CO)[C@H](OC(=O)c3ccc(C)cc3)C(O)(O)[C@@]23NC(N)=N[C@@H]13. The number of nitrogens with two attached hydrogens (primary N) is 2. The molecule has 0 bridgehead atoms. The molecule has 0 saturated carbocycles. The van der Waals surface area contributed by atoms with E-state index >= 15 is 0 Å². The van der Waals surface area contributed by atoms with Gasteiger partial charge in [0.05, 0.1) is 12.2 Å². The van der Waals surface area contributed by atoms with Crippen LogP contribution < -0.4 is 22.1 Å². The summed E-state index contributed by atoms with van der Waals surface area (Å²) >= 11 is 0. The molecular weight excluding hydrogens is 392 g/mol. The summed E-state index contributed by atoms with van der Waals surface area (Å²) in [5.74, 6) is -3.34. The van der Waals surface area contributed by atoms with Gasteiger partial charge in [-0.15, -0.1) is 0 Å². The molecule has 3 aliphatic heterocycles. The standard InChI is InChI=1S/C19H26N6O5/c1-3-11-13-18(24-16(20)23-13)19(28,29)14(12(8-26)25(18)17(21)22-11)30-15(27)10-6-4-9(2)5-7-10/h4-7,11-14,26,28-29H,3,8H2,1-2H3,(H5,20,21,22,23,24)/p+1/t11-,12-,13-,14-,18-/m0/s1. The zero-order valence-corrected chi connectivity index (χ0v) is 16.7. The molecule has 3 aliphatic rings. The van der Waals surface area contributed by atoms with E-state index in [9.17, 15) is 20.1 Å². The fourth-order valence-corrected chi connectivity index (χ4v) is 4.74. The van der Waals surface area contributed by atoms with Crippen LogP contribution in [0, 0.1) is 6.92 Å². The van der Waals surface area contributed by atoms with Crippen molar-refractivity contribution in [3.8, 4) is 0 Å². The number of rotatable bonds is 4. The Morgan fingerprint density at radius 3 is 2.57 bits per heavy atom. The molecule has 11 nitrogen and oxygen atoms in total. The van der Waals surface area contributed by atoms with Crippen LogP contribution in [0.25, 0.3) is 0 Å². The van der Waals surface area contributed by atoms with Crippen LogP contribution in [0.4, 0.5) is 0 Å². The molecule has 0 aromatic heterocycles. The molecule has 11 heteroatoms. The number of nitrogens with one attached hydrogen (secondary N) is 2. The van der Waals surface area contributed by atoms with Crippen molar-refractivity contribution in [2.24, 2.45) is 16.5 Å². The Morgan fingerprint density at radius 1 is 1.30 bits per heavy atom. The highest BCUT2D eigenvalue weighted by molar-refractivity contribution is 5.89. The molecule has 0 unspecified atom stereocenters. The van der Waals surface area contributed by atoms with Crippen LogP contribution >= 0.6 is 0 Å². The first-order valence-corrected chi connectivity index (χ1v) is 9.80. The summed E-state index contributed by atoms with van der Waals surface area (Å²) in [5, 5.41) is 38.7. The summed E-state index contributed by atoms with van der Waals surface area (Å²) in [6.07, 6.45) is -0.976. The van der Waals surface area contributed by atoms with Gasteiger partial charge in [0, 0.05) is 0 Å². The molecule has 1 spiro atoms. The van der Waals surface area contributed by atoms with Crippen molar-refractivity contribution in [1.82, 2.24) is 10.6 Å². The van der Waals surface area contributed by atoms with Crippen LogP contribution in [-0.2, 0) is 4.74 Å². The van der Waals surface area contributed by atoms with Crippen LogP contribution in [0.2, 0.25) is 0 Å². The Balaban J connectivity index is 1.78. The highest BCUT2D eigenvalue weighted by atomic mass is 16.6. The third kappa shape index (κ3) is 2.59. The van der Waals surface area contributed by atoms with E-state index in [1.165, 1.54) is 4.58 Å². The van der Waals surface area contributed by atoms with Crippen LogP contribution in [0.1, 0.15) is 29.3 Å². The summed E-state index contributed by atoms with van der Waals surface area (Å²) in [6.45, 7) is 3.20. The number of carbonyl (C=O) groups is 1. The second-order valence-electron chi connectivity index (χ2n) is 7.93. The van der Waals surface area contributed by atoms with Crippen molar-refractivity contribution in [1.29, 1.82) is 0 Å². The average Bonchev–Trinajstić information content (AvgIpc) is 3.15. The van der Waals surface area contributed by atoms with Crippen LogP contribution in [0.5, 0.6) is 0 Å². The van der Waals surface area contributed by atoms with Crippen molar-refractivity contribution < 1.29 is 29.4 Å². The number of aliphatic hydroxyl groups is 3. The molecule has 1 saturated heterocycles. The van der Waals surface area contributed by atoms with E-state index in [1.807, 2.05) is 13.8 Å². The monoisotopic (exact) mass is 419 g/mol. The summed E-state index contributed by atoms with van der Waals surface area (Å²) in [5.41, 5.74) is 11.6. The first kappa shape index (κ1) is 20.4. The Morgan fingerprint density at radius 2 is 1.97 bits per heavy atom. The van der Waals surface area contributed by atoms with Gasteiger partial charge in [0.2, 0.25) is 5.66 Å². The number of aryl methyl sites for hydroxylation is 1. The second-order valence-corrected chi connectivity index (χ2v) is 7.93. The Labute approximate surface area is 173 Å². The zero-order valence-electron chi connectivity index (χ0n) is 16.7. The van der Waals surface area contributed by atoms with Gasteiger partial charge < -0.3 is 31.1 Å². The molecule has 30 heavy (non-hydrogen) atoms. The lowest BCUT2D eigenvalue weighted by Crippen LogP contribution is -2.78. The third-order valence-electron chi connectivity index (χ3n) is 6.17. The fourth-order valence-electron chi connectivity index (χ4n) is 4.74. The highest BCUT2D eigenvalue weighted by Gasteiger charge is 2.78. The van der Waals surface area contributed by atoms with Gasteiger partial charge in [-0.1, -0.05) is 24.6 Å². The number of esters is 1. The first-order chi connectivity index (χ1) is 14.2. The lowest BCUT2D eigenvalue weighted by Gasteiger charge is -2.43. The van der Waals surface area contributed by atoms with Gasteiger partial charge in [-0.3, -0.25) is 11.1 Å². The van der Waals surface area contributed by atoms with E-state index in [2.05, 4.69) is 15.6 Å². The number of aliphatic imine (C=N–C) groups is 1. The van der Waals surface area contributed by atoms with Gasteiger partial charge in [-0.2, -0.15) is 0 Å². The summed E-state index contributed by atoms with van der Waals surface area (Å²) in [4.78, 5) is 17.1. The molecule has 0 amide bonds. The van der Waals surface area contributed by atoms with Crippen molar-refractivity contribution in [2.75, 3.05) is 6.61 Å².